The molecule has 3 heterocycles. The number of aromatic nitrogens is 3. The van der Waals surface area contributed by atoms with Gasteiger partial charge in [-0.25, -0.2) is 0 Å². The molecular formula is C19H21N5O. The molecular weight excluding hydrogens is 314 g/mol. The lowest BCUT2D eigenvalue weighted by Gasteiger charge is -2.23. The average molecular weight is 335 g/mol. The van der Waals surface area contributed by atoms with Gasteiger partial charge in [0.15, 0.2) is 5.65 Å². The molecule has 1 saturated heterocycles. The number of anilines is 1. The number of amides is 1. The molecule has 128 valence electrons. The number of fused-ring (bicyclic) bond motifs is 1. The Morgan fingerprint density at radius 1 is 1.16 bits per heavy atom. The Hall–Kier alpha value is -2.73. The number of rotatable bonds is 4. The Balaban J connectivity index is 1.38. The number of nitrogens with one attached hydrogen (secondary N) is 2. The van der Waals surface area contributed by atoms with Gasteiger partial charge in [0.1, 0.15) is 6.33 Å². The van der Waals surface area contributed by atoms with Crippen molar-refractivity contribution in [1.82, 2.24) is 19.9 Å². The van der Waals surface area contributed by atoms with Crippen LogP contribution in [0.3, 0.4) is 0 Å². The lowest BCUT2D eigenvalue weighted by atomic mass is 9.90. The Morgan fingerprint density at radius 3 is 2.76 bits per heavy atom. The van der Waals surface area contributed by atoms with Gasteiger partial charge < -0.3 is 10.6 Å². The Bertz CT molecular complexity index is 865. The molecule has 1 aliphatic heterocycles. The van der Waals surface area contributed by atoms with Crippen LogP contribution in [0.15, 0.2) is 48.9 Å². The average Bonchev–Trinajstić information content (AvgIpc) is 3.11. The molecule has 3 aromatic rings. The Labute approximate surface area is 146 Å². The molecule has 0 radical (unpaired) electrons. The summed E-state index contributed by atoms with van der Waals surface area (Å²) in [4.78, 5) is 12.3. The van der Waals surface area contributed by atoms with Crippen LogP contribution >= 0.6 is 0 Å². The van der Waals surface area contributed by atoms with Crippen molar-refractivity contribution in [3.8, 4) is 0 Å². The molecule has 6 nitrogen and oxygen atoms in total. The summed E-state index contributed by atoms with van der Waals surface area (Å²) in [6.45, 7) is 2.17. The molecule has 25 heavy (non-hydrogen) atoms. The second-order valence-corrected chi connectivity index (χ2v) is 6.50. The molecule has 2 aromatic heterocycles. The van der Waals surface area contributed by atoms with Gasteiger partial charge in [-0.1, -0.05) is 18.2 Å². The number of nitrogens with zero attached hydrogens (tertiary/aromatic N) is 3. The van der Waals surface area contributed by atoms with E-state index in [1.807, 2.05) is 34.9 Å². The van der Waals surface area contributed by atoms with E-state index in [9.17, 15) is 4.79 Å². The zero-order valence-electron chi connectivity index (χ0n) is 14.0. The molecule has 0 bridgehead atoms. The minimum absolute atomic E-state index is 0.0259. The van der Waals surface area contributed by atoms with Crippen molar-refractivity contribution < 1.29 is 4.79 Å². The molecule has 0 atom stereocenters. The topological polar surface area (TPSA) is 71.3 Å². The summed E-state index contributed by atoms with van der Waals surface area (Å²) in [5.41, 5.74) is 3.90. The smallest absolute Gasteiger partial charge is 0.228 e. The third-order valence-electron chi connectivity index (χ3n) is 4.72. The molecule has 4 rings (SSSR count). The van der Waals surface area contributed by atoms with E-state index in [1.54, 1.807) is 6.33 Å². The molecule has 0 saturated carbocycles. The summed E-state index contributed by atoms with van der Waals surface area (Å²) in [5.74, 6) is 0.601. The van der Waals surface area contributed by atoms with Crippen molar-refractivity contribution in [2.24, 2.45) is 0 Å². The van der Waals surface area contributed by atoms with Gasteiger partial charge in [0.2, 0.25) is 5.91 Å². The van der Waals surface area contributed by atoms with Crippen LogP contribution < -0.4 is 10.6 Å². The third-order valence-corrected chi connectivity index (χ3v) is 4.72. The first-order valence-corrected chi connectivity index (χ1v) is 8.67. The Morgan fingerprint density at radius 2 is 1.96 bits per heavy atom. The maximum atomic E-state index is 12.3. The van der Waals surface area contributed by atoms with Crippen molar-refractivity contribution >= 4 is 17.2 Å². The van der Waals surface area contributed by atoms with Crippen LogP contribution in [0.2, 0.25) is 0 Å². The third kappa shape index (κ3) is 3.69. The SMILES string of the molecule is O=C(Cc1ccc2nncn2c1)Nc1ccc(C2CCNCC2)cc1. The van der Waals surface area contributed by atoms with E-state index in [2.05, 4.69) is 33.0 Å². The van der Waals surface area contributed by atoms with E-state index >= 15 is 0 Å². The molecule has 0 spiro atoms. The molecule has 0 unspecified atom stereocenters. The number of piperidine rings is 1. The first-order chi connectivity index (χ1) is 12.3. The molecule has 1 aromatic carbocycles. The van der Waals surface area contributed by atoms with Crippen molar-refractivity contribution in [2.75, 3.05) is 18.4 Å². The van der Waals surface area contributed by atoms with Crippen LogP contribution in [0.1, 0.15) is 29.9 Å². The van der Waals surface area contributed by atoms with Gasteiger partial charge in [0, 0.05) is 11.9 Å². The zero-order chi connectivity index (χ0) is 17.1. The number of hydrogen-bond donors (Lipinski definition) is 2. The summed E-state index contributed by atoms with van der Waals surface area (Å²) in [5, 5.41) is 14.2. The van der Waals surface area contributed by atoms with Crippen LogP contribution in [-0.2, 0) is 11.2 Å². The fraction of sp³-hybridized carbons (Fsp3) is 0.316. The van der Waals surface area contributed by atoms with Crippen LogP contribution in [0.25, 0.3) is 5.65 Å². The largest absolute Gasteiger partial charge is 0.326 e. The van der Waals surface area contributed by atoms with E-state index in [0.717, 1.165) is 30.0 Å². The predicted molar refractivity (Wildman–Crippen MR) is 96.6 cm³/mol. The van der Waals surface area contributed by atoms with Crippen LogP contribution in [-0.4, -0.2) is 33.6 Å². The highest BCUT2D eigenvalue weighted by Crippen LogP contribution is 2.26. The maximum absolute atomic E-state index is 12.3. The molecule has 6 heteroatoms. The standard InChI is InChI=1S/C19H21N5O/c25-19(11-14-1-6-18-23-21-13-24(18)12-14)22-17-4-2-15(3-5-17)16-7-9-20-10-8-16/h1-6,12-13,16,20H,7-11H2,(H,22,25). The van der Waals surface area contributed by atoms with Crippen molar-refractivity contribution in [3.05, 3.63) is 60.0 Å². The molecule has 1 fully saturated rings. The normalized spacial score (nSPS) is 15.4. The van der Waals surface area contributed by atoms with E-state index in [-0.39, 0.29) is 5.91 Å². The fourth-order valence-corrected chi connectivity index (χ4v) is 3.36. The van der Waals surface area contributed by atoms with Crippen molar-refractivity contribution in [2.45, 2.75) is 25.2 Å². The van der Waals surface area contributed by atoms with Gasteiger partial charge in [0.05, 0.1) is 6.42 Å². The van der Waals surface area contributed by atoms with Crippen LogP contribution in [0.4, 0.5) is 5.69 Å². The molecule has 2 N–H and O–H groups in total. The van der Waals surface area contributed by atoms with Gasteiger partial charge >= 0.3 is 0 Å². The fourth-order valence-electron chi connectivity index (χ4n) is 3.36. The lowest BCUT2D eigenvalue weighted by molar-refractivity contribution is -0.115. The summed E-state index contributed by atoms with van der Waals surface area (Å²) in [6, 6.07) is 12.0. The number of carbonyl (C=O) groups is 1. The number of carbonyl (C=O) groups excluding carboxylic acids is 1. The maximum Gasteiger partial charge on any atom is 0.228 e. The van der Waals surface area contributed by atoms with E-state index in [0.29, 0.717) is 12.3 Å². The van der Waals surface area contributed by atoms with Gasteiger partial charge in [-0.2, -0.15) is 0 Å². The van der Waals surface area contributed by atoms with Gasteiger partial charge in [-0.15, -0.1) is 10.2 Å². The highest BCUT2D eigenvalue weighted by molar-refractivity contribution is 5.92. The molecule has 1 amide bonds. The van der Waals surface area contributed by atoms with Crippen LogP contribution in [0, 0.1) is 0 Å². The van der Waals surface area contributed by atoms with Crippen molar-refractivity contribution in [1.29, 1.82) is 0 Å². The zero-order valence-corrected chi connectivity index (χ0v) is 14.0. The first-order valence-electron chi connectivity index (χ1n) is 8.67. The second kappa shape index (κ2) is 7.03. The second-order valence-electron chi connectivity index (χ2n) is 6.50. The highest BCUT2D eigenvalue weighted by Gasteiger charge is 2.15. The van der Waals surface area contributed by atoms with Crippen LogP contribution in [0.5, 0.6) is 0 Å². The van der Waals surface area contributed by atoms with Crippen molar-refractivity contribution in [3.63, 3.8) is 0 Å². The minimum Gasteiger partial charge on any atom is -0.326 e. The van der Waals surface area contributed by atoms with Gasteiger partial charge in [0.25, 0.3) is 0 Å². The summed E-state index contributed by atoms with van der Waals surface area (Å²) in [6.07, 6.45) is 6.20. The highest BCUT2D eigenvalue weighted by atomic mass is 16.1. The summed E-state index contributed by atoms with van der Waals surface area (Å²) < 4.78 is 1.82. The Kier molecular flexibility index (Phi) is 4.43. The quantitative estimate of drug-likeness (QED) is 0.768. The summed E-state index contributed by atoms with van der Waals surface area (Å²) in [7, 11) is 0. The first kappa shape index (κ1) is 15.8. The minimum atomic E-state index is -0.0259. The lowest BCUT2D eigenvalue weighted by Crippen LogP contribution is -2.26. The molecule has 0 aliphatic carbocycles. The number of benzene rings is 1. The predicted octanol–water partition coefficient (Wildman–Crippen LogP) is 2.38. The van der Waals surface area contributed by atoms with E-state index in [4.69, 9.17) is 0 Å². The van der Waals surface area contributed by atoms with E-state index < -0.39 is 0 Å². The number of pyridine rings is 1. The molecule has 1 aliphatic rings. The van der Waals surface area contributed by atoms with Gasteiger partial charge in [-0.3, -0.25) is 9.20 Å². The number of hydrogen-bond acceptors (Lipinski definition) is 4. The van der Waals surface area contributed by atoms with E-state index in [1.165, 1.54) is 18.4 Å². The monoisotopic (exact) mass is 335 g/mol. The van der Waals surface area contributed by atoms with Gasteiger partial charge in [-0.05, 0) is 61.2 Å². The summed E-state index contributed by atoms with van der Waals surface area (Å²) >= 11 is 0.